The van der Waals surface area contributed by atoms with Crippen LogP contribution in [0.25, 0.3) is 11.0 Å². The van der Waals surface area contributed by atoms with E-state index in [0.717, 1.165) is 16.7 Å². The van der Waals surface area contributed by atoms with Crippen LogP contribution in [0.3, 0.4) is 0 Å². The molecule has 74 valence electrons. The molecule has 0 aliphatic carbocycles. The van der Waals surface area contributed by atoms with Gasteiger partial charge in [0.1, 0.15) is 0 Å². The third-order valence-corrected chi connectivity index (χ3v) is 2.35. The zero-order valence-corrected chi connectivity index (χ0v) is 8.53. The second-order valence-corrected chi connectivity index (χ2v) is 3.68. The predicted octanol–water partition coefficient (Wildman–Crippen LogP) is 1.61. The van der Waals surface area contributed by atoms with E-state index in [1.165, 1.54) is 0 Å². The number of hydrogen-bond donors (Lipinski definition) is 1. The smallest absolute Gasteiger partial charge is 0.304 e. The molecule has 2 heterocycles. The normalized spacial score (nSPS) is 11.4. The fourth-order valence-electron chi connectivity index (χ4n) is 1.70. The summed E-state index contributed by atoms with van der Waals surface area (Å²) in [7, 11) is 0. The van der Waals surface area contributed by atoms with Gasteiger partial charge in [-0.2, -0.15) is 0 Å². The molecule has 0 spiro atoms. The van der Waals surface area contributed by atoms with Gasteiger partial charge in [-0.1, -0.05) is 0 Å². The Balaban J connectivity index is 2.91. The zero-order chi connectivity index (χ0) is 10.3. The maximum atomic E-state index is 11.6. The van der Waals surface area contributed by atoms with E-state index in [-0.39, 0.29) is 11.7 Å². The average molecular weight is 191 g/mol. The van der Waals surface area contributed by atoms with Crippen molar-refractivity contribution in [2.24, 2.45) is 0 Å². The summed E-state index contributed by atoms with van der Waals surface area (Å²) in [5.74, 6) is 0. The monoisotopic (exact) mass is 191 g/mol. The van der Waals surface area contributed by atoms with Gasteiger partial charge in [0, 0.05) is 12.2 Å². The van der Waals surface area contributed by atoms with Crippen molar-refractivity contribution in [1.82, 2.24) is 14.5 Å². The van der Waals surface area contributed by atoms with Crippen molar-refractivity contribution in [2.45, 2.75) is 26.8 Å². The van der Waals surface area contributed by atoms with Gasteiger partial charge in [-0.25, -0.2) is 4.79 Å². The first kappa shape index (κ1) is 8.99. The number of pyridine rings is 1. The largest absolute Gasteiger partial charge is 0.326 e. The van der Waals surface area contributed by atoms with Crippen LogP contribution in [-0.2, 0) is 0 Å². The lowest BCUT2D eigenvalue weighted by atomic mass is 10.3. The Labute approximate surface area is 81.6 Å². The van der Waals surface area contributed by atoms with E-state index in [1.807, 2.05) is 26.8 Å². The highest BCUT2D eigenvalue weighted by molar-refractivity contribution is 5.77. The summed E-state index contributed by atoms with van der Waals surface area (Å²) in [6.45, 7) is 5.87. The molecule has 0 saturated carbocycles. The number of hydrogen-bond acceptors (Lipinski definition) is 2. The third-order valence-electron chi connectivity index (χ3n) is 2.35. The number of H-pyrrole nitrogens is 1. The fourth-order valence-corrected chi connectivity index (χ4v) is 1.70. The zero-order valence-electron chi connectivity index (χ0n) is 8.53. The summed E-state index contributed by atoms with van der Waals surface area (Å²) < 4.78 is 1.74. The molecule has 1 N–H and O–H groups in total. The Morgan fingerprint density at radius 3 is 2.86 bits per heavy atom. The summed E-state index contributed by atoms with van der Waals surface area (Å²) in [6, 6.07) is 2.03. The number of aromatic nitrogens is 3. The molecule has 0 aliphatic heterocycles. The highest BCUT2D eigenvalue weighted by Gasteiger charge is 2.10. The number of aryl methyl sites for hydroxylation is 1. The molecule has 0 bridgehead atoms. The van der Waals surface area contributed by atoms with Gasteiger partial charge in [0.05, 0.1) is 16.7 Å². The van der Waals surface area contributed by atoms with Gasteiger partial charge in [-0.3, -0.25) is 9.55 Å². The summed E-state index contributed by atoms with van der Waals surface area (Å²) in [5, 5.41) is 0. The van der Waals surface area contributed by atoms with E-state index in [9.17, 15) is 4.79 Å². The summed E-state index contributed by atoms with van der Waals surface area (Å²) in [6.07, 6.45) is 1.73. The Hall–Kier alpha value is -1.58. The van der Waals surface area contributed by atoms with E-state index in [0.29, 0.717) is 0 Å². The van der Waals surface area contributed by atoms with Crippen molar-refractivity contribution in [2.75, 3.05) is 0 Å². The third kappa shape index (κ3) is 1.14. The van der Waals surface area contributed by atoms with Gasteiger partial charge in [-0.05, 0) is 26.8 Å². The lowest BCUT2D eigenvalue weighted by molar-refractivity contribution is 0.598. The topological polar surface area (TPSA) is 50.7 Å². The van der Waals surface area contributed by atoms with Crippen molar-refractivity contribution >= 4 is 11.0 Å². The number of fused-ring (bicyclic) bond motifs is 1. The van der Waals surface area contributed by atoms with Gasteiger partial charge in [-0.15, -0.1) is 0 Å². The molecule has 4 heteroatoms. The number of rotatable bonds is 1. The first-order chi connectivity index (χ1) is 6.61. The lowest BCUT2D eigenvalue weighted by Gasteiger charge is -2.06. The standard InChI is InChI=1S/C10H13N3O/c1-6(2)13-8-4-5-11-7(3)9(8)12-10(13)14/h4-6H,1-3H3,(H,12,14). The molecule has 0 amide bonds. The molecule has 0 aromatic carbocycles. The van der Waals surface area contributed by atoms with Crippen molar-refractivity contribution in [3.63, 3.8) is 0 Å². The van der Waals surface area contributed by atoms with Crippen LogP contribution in [0.15, 0.2) is 17.1 Å². The molecule has 0 fully saturated rings. The van der Waals surface area contributed by atoms with E-state index in [4.69, 9.17) is 0 Å². The second-order valence-electron chi connectivity index (χ2n) is 3.68. The quantitative estimate of drug-likeness (QED) is 0.744. The molecule has 2 aromatic rings. The Kier molecular flexibility index (Phi) is 1.91. The number of nitrogens with zero attached hydrogens (tertiary/aromatic N) is 2. The van der Waals surface area contributed by atoms with Crippen LogP contribution in [-0.4, -0.2) is 14.5 Å². The van der Waals surface area contributed by atoms with Crippen LogP contribution >= 0.6 is 0 Å². The molecule has 4 nitrogen and oxygen atoms in total. The molecule has 0 radical (unpaired) electrons. The van der Waals surface area contributed by atoms with Gasteiger partial charge in [0.15, 0.2) is 0 Å². The Morgan fingerprint density at radius 2 is 2.21 bits per heavy atom. The maximum Gasteiger partial charge on any atom is 0.326 e. The van der Waals surface area contributed by atoms with Gasteiger partial charge < -0.3 is 4.98 Å². The maximum absolute atomic E-state index is 11.6. The molecular formula is C10H13N3O. The van der Waals surface area contributed by atoms with Crippen LogP contribution in [0.1, 0.15) is 25.6 Å². The highest BCUT2D eigenvalue weighted by atomic mass is 16.1. The highest BCUT2D eigenvalue weighted by Crippen LogP contribution is 2.15. The molecule has 0 unspecified atom stereocenters. The van der Waals surface area contributed by atoms with Crippen LogP contribution in [0.2, 0.25) is 0 Å². The Morgan fingerprint density at radius 1 is 1.50 bits per heavy atom. The molecule has 14 heavy (non-hydrogen) atoms. The molecule has 0 saturated heterocycles. The fraction of sp³-hybridized carbons (Fsp3) is 0.400. The average Bonchev–Trinajstić information content (AvgIpc) is 2.42. The molecule has 2 rings (SSSR count). The number of imidazole rings is 1. The van der Waals surface area contributed by atoms with Crippen molar-refractivity contribution in [3.05, 3.63) is 28.4 Å². The van der Waals surface area contributed by atoms with E-state index in [2.05, 4.69) is 9.97 Å². The Bertz CT molecular complexity index is 522. The van der Waals surface area contributed by atoms with Crippen molar-refractivity contribution in [3.8, 4) is 0 Å². The second kappa shape index (κ2) is 2.97. The minimum Gasteiger partial charge on any atom is -0.304 e. The van der Waals surface area contributed by atoms with E-state index < -0.39 is 0 Å². The SMILES string of the molecule is Cc1nccc2c1[nH]c(=O)n2C(C)C. The van der Waals surface area contributed by atoms with E-state index in [1.54, 1.807) is 10.8 Å². The number of nitrogens with one attached hydrogen (secondary N) is 1. The predicted molar refractivity (Wildman–Crippen MR) is 55.5 cm³/mol. The van der Waals surface area contributed by atoms with Crippen LogP contribution in [0, 0.1) is 6.92 Å². The van der Waals surface area contributed by atoms with Crippen molar-refractivity contribution < 1.29 is 0 Å². The molecule has 2 aromatic heterocycles. The van der Waals surface area contributed by atoms with Crippen molar-refractivity contribution in [1.29, 1.82) is 0 Å². The van der Waals surface area contributed by atoms with E-state index >= 15 is 0 Å². The van der Waals surface area contributed by atoms with Crippen LogP contribution in [0.5, 0.6) is 0 Å². The van der Waals surface area contributed by atoms with Crippen LogP contribution in [0.4, 0.5) is 0 Å². The molecular weight excluding hydrogens is 178 g/mol. The lowest BCUT2D eigenvalue weighted by Crippen LogP contribution is -2.18. The first-order valence-electron chi connectivity index (χ1n) is 4.67. The summed E-state index contributed by atoms with van der Waals surface area (Å²) in [4.78, 5) is 18.6. The van der Waals surface area contributed by atoms with Gasteiger partial charge in [0.2, 0.25) is 0 Å². The molecule has 0 atom stereocenters. The molecule has 0 aliphatic rings. The summed E-state index contributed by atoms with van der Waals surface area (Å²) >= 11 is 0. The van der Waals surface area contributed by atoms with Crippen LogP contribution < -0.4 is 5.69 Å². The first-order valence-corrected chi connectivity index (χ1v) is 4.67. The minimum atomic E-state index is -0.0638. The summed E-state index contributed by atoms with van der Waals surface area (Å²) in [5.41, 5.74) is 2.56. The number of aromatic amines is 1. The van der Waals surface area contributed by atoms with Gasteiger partial charge in [0.25, 0.3) is 0 Å². The minimum absolute atomic E-state index is 0.0638. The van der Waals surface area contributed by atoms with Gasteiger partial charge >= 0.3 is 5.69 Å².